The van der Waals surface area contributed by atoms with E-state index >= 15 is 0 Å². The first-order valence-electron chi connectivity index (χ1n) is 6.60. The Morgan fingerprint density at radius 3 is 2.25 bits per heavy atom. The molecule has 2 heteroatoms. The molecule has 2 N–H and O–H groups in total. The van der Waals surface area contributed by atoms with Crippen molar-refractivity contribution in [1.29, 1.82) is 0 Å². The number of rotatable bonds is 1. The summed E-state index contributed by atoms with van der Waals surface area (Å²) in [7, 11) is 0. The minimum atomic E-state index is 0.764. The van der Waals surface area contributed by atoms with Crippen molar-refractivity contribution in [2.75, 3.05) is 5.73 Å². The summed E-state index contributed by atoms with van der Waals surface area (Å²) in [6.45, 7) is 0. The molecule has 4 rings (SSSR count). The van der Waals surface area contributed by atoms with Crippen molar-refractivity contribution in [3.8, 4) is 11.1 Å². The first-order valence-corrected chi connectivity index (χ1v) is 6.60. The lowest BCUT2D eigenvalue weighted by atomic mass is 10.0. The zero-order chi connectivity index (χ0) is 13.5. The summed E-state index contributed by atoms with van der Waals surface area (Å²) in [6, 6.07) is 22.2. The van der Waals surface area contributed by atoms with Crippen molar-refractivity contribution >= 4 is 27.6 Å². The predicted octanol–water partition coefficient (Wildman–Crippen LogP) is 4.84. The van der Waals surface area contributed by atoms with Crippen LogP contribution in [0, 0.1) is 0 Å². The van der Waals surface area contributed by atoms with Crippen molar-refractivity contribution in [3.05, 3.63) is 66.7 Å². The number of hydrogen-bond acceptors (Lipinski definition) is 2. The number of benzene rings is 3. The highest BCUT2D eigenvalue weighted by molar-refractivity contribution is 6.10. The zero-order valence-electron chi connectivity index (χ0n) is 10.8. The van der Waals surface area contributed by atoms with Gasteiger partial charge in [-0.05, 0) is 12.1 Å². The first-order chi connectivity index (χ1) is 9.84. The highest BCUT2D eigenvalue weighted by atomic mass is 16.3. The van der Waals surface area contributed by atoms with Gasteiger partial charge in [0.25, 0.3) is 0 Å². The molecule has 0 radical (unpaired) electrons. The molecular formula is C18H13NO. The molecule has 0 saturated carbocycles. The Morgan fingerprint density at radius 1 is 0.650 bits per heavy atom. The molecule has 20 heavy (non-hydrogen) atoms. The van der Waals surface area contributed by atoms with Crippen LogP contribution < -0.4 is 5.73 Å². The molecule has 0 aliphatic rings. The van der Waals surface area contributed by atoms with E-state index in [0.29, 0.717) is 0 Å². The largest absolute Gasteiger partial charge is 0.455 e. The maximum absolute atomic E-state index is 6.10. The van der Waals surface area contributed by atoms with Crippen molar-refractivity contribution in [2.24, 2.45) is 0 Å². The van der Waals surface area contributed by atoms with Crippen molar-refractivity contribution in [2.45, 2.75) is 0 Å². The Morgan fingerprint density at radius 2 is 1.35 bits per heavy atom. The van der Waals surface area contributed by atoms with Gasteiger partial charge in [0.15, 0.2) is 0 Å². The molecular weight excluding hydrogens is 246 g/mol. The normalized spacial score (nSPS) is 11.2. The van der Waals surface area contributed by atoms with E-state index in [9.17, 15) is 0 Å². The van der Waals surface area contributed by atoms with E-state index in [2.05, 4.69) is 18.2 Å². The standard InChI is InChI=1S/C18H13NO/c19-16-10-3-1-6-12(16)14-8-5-9-15-13-7-2-4-11-17(13)20-18(14)15/h1-11H,19H2. The van der Waals surface area contributed by atoms with Crippen LogP contribution in [0.1, 0.15) is 0 Å². The van der Waals surface area contributed by atoms with E-state index < -0.39 is 0 Å². The molecule has 96 valence electrons. The van der Waals surface area contributed by atoms with Gasteiger partial charge in [-0.3, -0.25) is 0 Å². The number of anilines is 1. The Bertz CT molecular complexity index is 921. The second-order valence-electron chi connectivity index (χ2n) is 4.87. The van der Waals surface area contributed by atoms with Crippen molar-refractivity contribution in [3.63, 3.8) is 0 Å². The Balaban J connectivity index is 2.13. The maximum Gasteiger partial charge on any atom is 0.143 e. The van der Waals surface area contributed by atoms with Crippen LogP contribution in [0.3, 0.4) is 0 Å². The average Bonchev–Trinajstić information content (AvgIpc) is 2.86. The van der Waals surface area contributed by atoms with Crippen LogP contribution in [0.5, 0.6) is 0 Å². The lowest BCUT2D eigenvalue weighted by molar-refractivity contribution is 0.670. The van der Waals surface area contributed by atoms with Crippen LogP contribution in [0.25, 0.3) is 33.1 Å². The molecule has 1 heterocycles. The number of nitrogen functional groups attached to an aromatic ring is 1. The highest BCUT2D eigenvalue weighted by Gasteiger charge is 2.12. The third kappa shape index (κ3) is 1.51. The van der Waals surface area contributed by atoms with E-state index in [4.69, 9.17) is 10.2 Å². The third-order valence-electron chi connectivity index (χ3n) is 3.66. The number of hydrogen-bond donors (Lipinski definition) is 1. The predicted molar refractivity (Wildman–Crippen MR) is 83.6 cm³/mol. The molecule has 2 nitrogen and oxygen atoms in total. The summed E-state index contributed by atoms with van der Waals surface area (Å²) >= 11 is 0. The van der Waals surface area contributed by atoms with Crippen LogP contribution in [-0.2, 0) is 0 Å². The fraction of sp³-hybridized carbons (Fsp3) is 0. The van der Waals surface area contributed by atoms with Gasteiger partial charge in [-0.25, -0.2) is 0 Å². The van der Waals surface area contributed by atoms with Gasteiger partial charge in [-0.15, -0.1) is 0 Å². The van der Waals surface area contributed by atoms with Crippen molar-refractivity contribution < 1.29 is 4.42 Å². The van der Waals surface area contributed by atoms with Gasteiger partial charge in [-0.1, -0.05) is 54.6 Å². The van der Waals surface area contributed by atoms with Gasteiger partial charge >= 0.3 is 0 Å². The molecule has 0 unspecified atom stereocenters. The van der Waals surface area contributed by atoms with Crippen LogP contribution in [0.4, 0.5) is 5.69 Å². The lowest BCUT2D eigenvalue weighted by Gasteiger charge is -2.05. The smallest absolute Gasteiger partial charge is 0.143 e. The number of fused-ring (bicyclic) bond motifs is 3. The van der Waals surface area contributed by atoms with Gasteiger partial charge in [0.05, 0.1) is 0 Å². The molecule has 4 aromatic rings. The zero-order valence-corrected chi connectivity index (χ0v) is 10.8. The average molecular weight is 259 g/mol. The minimum Gasteiger partial charge on any atom is -0.455 e. The summed E-state index contributed by atoms with van der Waals surface area (Å²) in [6.07, 6.45) is 0. The number of furan rings is 1. The summed E-state index contributed by atoms with van der Waals surface area (Å²) in [4.78, 5) is 0. The fourth-order valence-electron chi connectivity index (χ4n) is 2.70. The van der Waals surface area contributed by atoms with E-state index in [1.165, 1.54) is 0 Å². The summed E-state index contributed by atoms with van der Waals surface area (Å²) in [5, 5.41) is 2.26. The van der Waals surface area contributed by atoms with Gasteiger partial charge in [0.1, 0.15) is 11.2 Å². The monoisotopic (exact) mass is 259 g/mol. The summed E-state index contributed by atoms with van der Waals surface area (Å²) in [5.74, 6) is 0. The van der Waals surface area contributed by atoms with Crippen LogP contribution >= 0.6 is 0 Å². The van der Waals surface area contributed by atoms with Gasteiger partial charge in [0, 0.05) is 27.6 Å². The topological polar surface area (TPSA) is 39.2 Å². The number of nitrogens with two attached hydrogens (primary N) is 1. The van der Waals surface area contributed by atoms with Crippen LogP contribution in [0.2, 0.25) is 0 Å². The van der Waals surface area contributed by atoms with Crippen LogP contribution in [-0.4, -0.2) is 0 Å². The third-order valence-corrected chi connectivity index (χ3v) is 3.66. The second kappa shape index (κ2) is 4.14. The summed E-state index contributed by atoms with van der Waals surface area (Å²) in [5.41, 5.74) is 10.7. The molecule has 0 atom stereocenters. The fourth-order valence-corrected chi connectivity index (χ4v) is 2.70. The van der Waals surface area contributed by atoms with E-state index in [-0.39, 0.29) is 0 Å². The first kappa shape index (κ1) is 11.1. The minimum absolute atomic E-state index is 0.764. The molecule has 0 spiro atoms. The van der Waals surface area contributed by atoms with Crippen molar-refractivity contribution in [1.82, 2.24) is 0 Å². The molecule has 0 fully saturated rings. The Hall–Kier alpha value is -2.74. The maximum atomic E-state index is 6.10. The van der Waals surface area contributed by atoms with Gasteiger partial charge < -0.3 is 10.2 Å². The quantitative estimate of drug-likeness (QED) is 0.497. The Kier molecular flexibility index (Phi) is 2.30. The molecule has 0 saturated heterocycles. The molecule has 1 aromatic heterocycles. The molecule has 0 bridgehead atoms. The lowest BCUT2D eigenvalue weighted by Crippen LogP contribution is -1.89. The van der Waals surface area contributed by atoms with Crippen LogP contribution in [0.15, 0.2) is 71.1 Å². The molecule has 0 amide bonds. The second-order valence-corrected chi connectivity index (χ2v) is 4.87. The van der Waals surface area contributed by atoms with E-state index in [1.54, 1.807) is 0 Å². The van der Waals surface area contributed by atoms with Gasteiger partial charge in [-0.2, -0.15) is 0 Å². The summed E-state index contributed by atoms with van der Waals surface area (Å²) < 4.78 is 6.04. The van der Waals surface area contributed by atoms with E-state index in [0.717, 1.165) is 38.8 Å². The van der Waals surface area contributed by atoms with E-state index in [1.807, 2.05) is 48.5 Å². The molecule has 0 aliphatic heterocycles. The highest BCUT2D eigenvalue weighted by Crippen LogP contribution is 2.37. The van der Waals surface area contributed by atoms with Gasteiger partial charge in [0.2, 0.25) is 0 Å². The number of para-hydroxylation sites is 3. The Labute approximate surface area is 116 Å². The SMILES string of the molecule is Nc1ccccc1-c1cccc2c1oc1ccccc12. The molecule has 0 aliphatic carbocycles. The molecule has 3 aromatic carbocycles.